The van der Waals surface area contributed by atoms with Crippen LogP contribution in [0, 0.1) is 0 Å². The maximum atomic E-state index is 9.50. The van der Waals surface area contributed by atoms with Gasteiger partial charge >= 0.3 is 0 Å². The van der Waals surface area contributed by atoms with Gasteiger partial charge in [0.15, 0.2) is 0 Å². The van der Waals surface area contributed by atoms with Gasteiger partial charge in [0, 0.05) is 18.9 Å². The molecule has 0 aromatic carbocycles. The standard InChI is InChI=1S/C11H21NO2S/c13-8-11(4-2-6-15-9-11)12-7-10-3-1-5-14-10/h10,12-13H,1-9H2. The molecule has 2 fully saturated rings. The number of nitrogens with one attached hydrogen (secondary N) is 1. The topological polar surface area (TPSA) is 41.5 Å². The highest BCUT2D eigenvalue weighted by molar-refractivity contribution is 7.99. The van der Waals surface area contributed by atoms with E-state index in [-0.39, 0.29) is 12.1 Å². The average molecular weight is 231 g/mol. The Kier molecular flexibility index (Phi) is 4.31. The van der Waals surface area contributed by atoms with E-state index in [1.807, 2.05) is 11.8 Å². The molecule has 0 amide bonds. The van der Waals surface area contributed by atoms with E-state index >= 15 is 0 Å². The van der Waals surface area contributed by atoms with Crippen molar-refractivity contribution in [3.63, 3.8) is 0 Å². The van der Waals surface area contributed by atoms with Crippen molar-refractivity contribution in [3.8, 4) is 0 Å². The van der Waals surface area contributed by atoms with Crippen LogP contribution in [0.5, 0.6) is 0 Å². The molecule has 0 aromatic rings. The van der Waals surface area contributed by atoms with Crippen LogP contribution in [-0.2, 0) is 4.74 Å². The number of rotatable bonds is 4. The third-order valence-corrected chi connectivity index (χ3v) is 4.69. The van der Waals surface area contributed by atoms with E-state index in [1.54, 1.807) is 0 Å². The van der Waals surface area contributed by atoms with Gasteiger partial charge in [-0.25, -0.2) is 0 Å². The van der Waals surface area contributed by atoms with Crippen molar-refractivity contribution in [2.45, 2.75) is 37.3 Å². The first-order chi connectivity index (χ1) is 7.35. The Morgan fingerprint density at radius 1 is 1.47 bits per heavy atom. The first-order valence-corrected chi connectivity index (χ1v) is 7.05. The number of hydrogen-bond acceptors (Lipinski definition) is 4. The lowest BCUT2D eigenvalue weighted by molar-refractivity contribution is 0.0897. The fourth-order valence-corrected chi connectivity index (χ4v) is 3.53. The molecule has 4 heteroatoms. The molecule has 0 spiro atoms. The molecule has 3 nitrogen and oxygen atoms in total. The lowest BCUT2D eigenvalue weighted by Crippen LogP contribution is -2.54. The fraction of sp³-hybridized carbons (Fsp3) is 1.00. The summed E-state index contributed by atoms with van der Waals surface area (Å²) >= 11 is 1.95. The predicted octanol–water partition coefficient (Wildman–Crippen LogP) is 1.01. The van der Waals surface area contributed by atoms with Crippen LogP contribution in [0.4, 0.5) is 0 Å². The SMILES string of the molecule is OCC1(NCC2CCCO2)CCCSC1. The van der Waals surface area contributed by atoms with E-state index in [0.717, 1.165) is 25.3 Å². The molecule has 2 N–H and O–H groups in total. The van der Waals surface area contributed by atoms with Crippen molar-refractivity contribution in [1.82, 2.24) is 5.32 Å². The molecular formula is C11H21NO2S. The second-order valence-electron chi connectivity index (χ2n) is 4.61. The third kappa shape index (κ3) is 3.09. The fourth-order valence-electron chi connectivity index (χ4n) is 2.31. The molecule has 0 bridgehead atoms. The van der Waals surface area contributed by atoms with Crippen molar-refractivity contribution in [3.05, 3.63) is 0 Å². The summed E-state index contributed by atoms with van der Waals surface area (Å²) < 4.78 is 5.58. The molecular weight excluding hydrogens is 210 g/mol. The van der Waals surface area contributed by atoms with Crippen LogP contribution in [0.15, 0.2) is 0 Å². The van der Waals surface area contributed by atoms with Gasteiger partial charge < -0.3 is 15.2 Å². The van der Waals surface area contributed by atoms with Crippen LogP contribution in [-0.4, -0.2) is 48.0 Å². The highest BCUT2D eigenvalue weighted by Gasteiger charge is 2.32. The van der Waals surface area contributed by atoms with Crippen molar-refractivity contribution in [2.24, 2.45) is 0 Å². The smallest absolute Gasteiger partial charge is 0.0700 e. The highest BCUT2D eigenvalue weighted by atomic mass is 32.2. The van der Waals surface area contributed by atoms with Crippen molar-refractivity contribution in [2.75, 3.05) is 31.3 Å². The number of aliphatic hydroxyl groups excluding tert-OH is 1. The minimum Gasteiger partial charge on any atom is -0.394 e. The molecule has 2 aliphatic rings. The molecule has 0 aliphatic carbocycles. The molecule has 0 radical (unpaired) electrons. The lowest BCUT2D eigenvalue weighted by atomic mass is 9.96. The van der Waals surface area contributed by atoms with Gasteiger partial charge in [-0.1, -0.05) is 0 Å². The molecule has 0 aromatic heterocycles. The van der Waals surface area contributed by atoms with Crippen LogP contribution >= 0.6 is 11.8 Å². The second-order valence-corrected chi connectivity index (χ2v) is 5.72. The van der Waals surface area contributed by atoms with Crippen LogP contribution in [0.2, 0.25) is 0 Å². The Morgan fingerprint density at radius 3 is 3.00 bits per heavy atom. The summed E-state index contributed by atoms with van der Waals surface area (Å²) in [5.41, 5.74) is -0.0329. The summed E-state index contributed by atoms with van der Waals surface area (Å²) in [6, 6.07) is 0. The Hall–Kier alpha value is 0.230. The van der Waals surface area contributed by atoms with Crippen molar-refractivity contribution < 1.29 is 9.84 Å². The van der Waals surface area contributed by atoms with Crippen LogP contribution in [0.25, 0.3) is 0 Å². The van der Waals surface area contributed by atoms with Gasteiger partial charge in [0.25, 0.3) is 0 Å². The molecule has 15 heavy (non-hydrogen) atoms. The molecule has 2 saturated heterocycles. The summed E-state index contributed by atoms with van der Waals surface area (Å²) in [4.78, 5) is 0. The highest BCUT2D eigenvalue weighted by Crippen LogP contribution is 2.26. The molecule has 2 rings (SSSR count). The van der Waals surface area contributed by atoms with Gasteiger partial charge in [0.2, 0.25) is 0 Å². The number of aliphatic hydroxyl groups is 1. The average Bonchev–Trinajstić information content (AvgIpc) is 2.81. The summed E-state index contributed by atoms with van der Waals surface area (Å²) in [7, 11) is 0. The van der Waals surface area contributed by atoms with E-state index in [9.17, 15) is 5.11 Å². The minimum absolute atomic E-state index is 0.0329. The maximum Gasteiger partial charge on any atom is 0.0700 e. The van der Waals surface area contributed by atoms with E-state index in [2.05, 4.69) is 5.32 Å². The number of hydrogen-bond donors (Lipinski definition) is 2. The molecule has 2 atom stereocenters. The van der Waals surface area contributed by atoms with Gasteiger partial charge in [-0.3, -0.25) is 0 Å². The largest absolute Gasteiger partial charge is 0.394 e. The molecule has 2 heterocycles. The Balaban J connectivity index is 1.78. The van der Waals surface area contributed by atoms with E-state index in [0.29, 0.717) is 6.10 Å². The van der Waals surface area contributed by atoms with Crippen molar-refractivity contribution in [1.29, 1.82) is 0 Å². The normalized spacial score (nSPS) is 37.0. The van der Waals surface area contributed by atoms with Crippen LogP contribution in [0.1, 0.15) is 25.7 Å². The number of thioether (sulfide) groups is 1. The van der Waals surface area contributed by atoms with Crippen LogP contribution < -0.4 is 5.32 Å². The van der Waals surface area contributed by atoms with Gasteiger partial charge in [-0.05, 0) is 31.4 Å². The first kappa shape index (κ1) is 11.7. The summed E-state index contributed by atoms with van der Waals surface area (Å²) in [6.45, 7) is 2.07. The quantitative estimate of drug-likeness (QED) is 0.758. The predicted molar refractivity (Wildman–Crippen MR) is 63.4 cm³/mol. The van der Waals surface area contributed by atoms with Gasteiger partial charge in [-0.2, -0.15) is 11.8 Å². The molecule has 2 unspecified atom stereocenters. The van der Waals surface area contributed by atoms with E-state index in [4.69, 9.17) is 4.74 Å². The second kappa shape index (κ2) is 5.53. The van der Waals surface area contributed by atoms with E-state index < -0.39 is 0 Å². The first-order valence-electron chi connectivity index (χ1n) is 5.90. The maximum absolute atomic E-state index is 9.50. The zero-order chi connectivity index (χ0) is 10.6. The Labute approximate surface area is 96.0 Å². The van der Waals surface area contributed by atoms with Crippen LogP contribution in [0.3, 0.4) is 0 Å². The zero-order valence-corrected chi connectivity index (χ0v) is 10.0. The minimum atomic E-state index is -0.0329. The molecule has 2 aliphatic heterocycles. The Morgan fingerprint density at radius 2 is 2.40 bits per heavy atom. The third-order valence-electron chi connectivity index (χ3n) is 3.35. The van der Waals surface area contributed by atoms with Gasteiger partial charge in [-0.15, -0.1) is 0 Å². The zero-order valence-electron chi connectivity index (χ0n) is 9.21. The number of ether oxygens (including phenoxy) is 1. The summed E-state index contributed by atoms with van der Waals surface area (Å²) in [5.74, 6) is 2.28. The molecule has 0 saturated carbocycles. The summed E-state index contributed by atoms with van der Waals surface area (Å²) in [6.07, 6.45) is 5.04. The molecule has 88 valence electrons. The Bertz CT molecular complexity index is 189. The monoisotopic (exact) mass is 231 g/mol. The van der Waals surface area contributed by atoms with Gasteiger partial charge in [0.05, 0.1) is 18.2 Å². The van der Waals surface area contributed by atoms with E-state index in [1.165, 1.54) is 25.0 Å². The van der Waals surface area contributed by atoms with Gasteiger partial charge in [0.1, 0.15) is 0 Å². The summed E-state index contributed by atoms with van der Waals surface area (Å²) in [5, 5.41) is 13.0. The van der Waals surface area contributed by atoms with Crippen molar-refractivity contribution >= 4 is 11.8 Å². The lowest BCUT2D eigenvalue weighted by Gasteiger charge is -2.37.